The van der Waals surface area contributed by atoms with E-state index in [1.165, 1.54) is 4.90 Å². The van der Waals surface area contributed by atoms with Crippen LogP contribution in [0.4, 0.5) is 5.69 Å². The van der Waals surface area contributed by atoms with E-state index in [4.69, 9.17) is 19.9 Å². The number of methoxy groups -OCH3 is 2. The van der Waals surface area contributed by atoms with Crippen molar-refractivity contribution in [3.05, 3.63) is 53.6 Å². The van der Waals surface area contributed by atoms with Gasteiger partial charge >= 0.3 is 5.97 Å². The second kappa shape index (κ2) is 12.8. The van der Waals surface area contributed by atoms with Crippen LogP contribution in [0.5, 0.6) is 11.5 Å². The highest BCUT2D eigenvalue weighted by atomic mass is 16.5. The number of amides is 1. The van der Waals surface area contributed by atoms with Crippen LogP contribution >= 0.6 is 0 Å². The number of piperidine rings is 1. The van der Waals surface area contributed by atoms with Crippen LogP contribution < -0.4 is 15.2 Å². The van der Waals surface area contributed by atoms with E-state index in [-0.39, 0.29) is 0 Å². The third-order valence-corrected chi connectivity index (χ3v) is 7.41. The van der Waals surface area contributed by atoms with Gasteiger partial charge in [0.25, 0.3) is 5.91 Å². The van der Waals surface area contributed by atoms with Crippen LogP contribution in [0.15, 0.2) is 42.5 Å². The van der Waals surface area contributed by atoms with Crippen LogP contribution in [0.2, 0.25) is 0 Å². The van der Waals surface area contributed by atoms with Crippen molar-refractivity contribution in [3.8, 4) is 11.5 Å². The largest absolute Gasteiger partial charge is 0.493 e. The Hall–Kier alpha value is -3.55. The summed E-state index contributed by atoms with van der Waals surface area (Å²) in [5.41, 5.74) is 7.58. The van der Waals surface area contributed by atoms with Crippen molar-refractivity contribution in [3.63, 3.8) is 0 Å². The van der Waals surface area contributed by atoms with Crippen LogP contribution in [-0.2, 0) is 25.5 Å². The van der Waals surface area contributed by atoms with Crippen molar-refractivity contribution < 1.29 is 28.6 Å². The lowest BCUT2D eigenvalue weighted by molar-refractivity contribution is -0.164. The minimum atomic E-state index is -0.794. The third-order valence-electron chi connectivity index (χ3n) is 7.41. The first-order valence-electron chi connectivity index (χ1n) is 13.2. The van der Waals surface area contributed by atoms with Crippen molar-refractivity contribution in [2.45, 2.75) is 71.4 Å². The third kappa shape index (κ3) is 6.85. The summed E-state index contributed by atoms with van der Waals surface area (Å²) in [5.74, 6) is -0.318. The zero-order valence-corrected chi connectivity index (χ0v) is 23.1. The first-order chi connectivity index (χ1) is 18.1. The Morgan fingerprint density at radius 3 is 2.45 bits per heavy atom. The Balaban J connectivity index is 1.81. The fourth-order valence-electron chi connectivity index (χ4n) is 4.61. The lowest BCUT2D eigenvalue weighted by atomic mass is 9.84. The number of carbonyl (C=O) groups excluding carboxylic acids is 3. The van der Waals surface area contributed by atoms with Crippen LogP contribution in [0, 0.1) is 5.41 Å². The fraction of sp³-hybridized carbons (Fsp3) is 0.500. The number of rotatable bonds is 11. The monoisotopic (exact) mass is 524 g/mol. The number of ether oxygens (including phenoxy) is 3. The van der Waals surface area contributed by atoms with Gasteiger partial charge in [-0.05, 0) is 73.9 Å². The Kier molecular flexibility index (Phi) is 9.78. The summed E-state index contributed by atoms with van der Waals surface area (Å²) in [6.45, 7) is 5.75. The van der Waals surface area contributed by atoms with Crippen molar-refractivity contribution in [2.75, 3.05) is 26.5 Å². The number of Topliss-reactive ketones (excluding diaryl/α,β-unsaturated/α-hetero) is 1. The summed E-state index contributed by atoms with van der Waals surface area (Å²) in [4.78, 5) is 41.0. The quantitative estimate of drug-likeness (QED) is 0.253. The summed E-state index contributed by atoms with van der Waals surface area (Å²) in [7, 11) is 3.17. The molecule has 1 aliphatic rings. The SMILES string of the molecule is CCC(C)(C)C(=O)C(=O)N1CCCC[C@@H]1C(=O)O[C@@H](CCc1ccc(OC)c(OC)c1)c1cccc(N)c1. The molecule has 0 saturated carbocycles. The summed E-state index contributed by atoms with van der Waals surface area (Å²) >= 11 is 0. The van der Waals surface area contributed by atoms with Gasteiger partial charge in [-0.1, -0.05) is 39.0 Å². The van der Waals surface area contributed by atoms with E-state index in [1.54, 1.807) is 40.2 Å². The lowest BCUT2D eigenvalue weighted by Crippen LogP contribution is -2.53. The van der Waals surface area contributed by atoms with E-state index in [0.717, 1.165) is 24.0 Å². The highest BCUT2D eigenvalue weighted by Gasteiger charge is 2.41. The minimum absolute atomic E-state index is 0.360. The maximum atomic E-state index is 13.5. The fourth-order valence-corrected chi connectivity index (χ4v) is 4.61. The molecule has 0 radical (unpaired) electrons. The zero-order chi connectivity index (χ0) is 27.9. The van der Waals surface area contributed by atoms with Gasteiger partial charge in [-0.15, -0.1) is 0 Å². The lowest BCUT2D eigenvalue weighted by Gasteiger charge is -2.36. The van der Waals surface area contributed by atoms with Gasteiger partial charge in [0.2, 0.25) is 5.78 Å². The normalized spacial score (nSPS) is 16.4. The number of anilines is 1. The van der Waals surface area contributed by atoms with E-state index in [9.17, 15) is 14.4 Å². The molecule has 1 amide bonds. The van der Waals surface area contributed by atoms with Gasteiger partial charge in [-0.25, -0.2) is 4.79 Å². The smallest absolute Gasteiger partial charge is 0.329 e. The Morgan fingerprint density at radius 1 is 1.05 bits per heavy atom. The first-order valence-corrected chi connectivity index (χ1v) is 13.2. The molecule has 2 atom stereocenters. The van der Waals surface area contributed by atoms with Crippen LogP contribution in [0.25, 0.3) is 0 Å². The van der Waals surface area contributed by atoms with Gasteiger partial charge in [-0.3, -0.25) is 9.59 Å². The highest BCUT2D eigenvalue weighted by Crippen LogP contribution is 2.32. The number of aryl methyl sites for hydroxylation is 1. The molecule has 8 heteroatoms. The Morgan fingerprint density at radius 2 is 1.79 bits per heavy atom. The molecular formula is C30H40N2O6. The van der Waals surface area contributed by atoms with Crippen LogP contribution in [0.3, 0.4) is 0 Å². The Labute approximate surface area is 225 Å². The second-order valence-corrected chi connectivity index (χ2v) is 10.4. The topological polar surface area (TPSA) is 108 Å². The van der Waals surface area contributed by atoms with Gasteiger partial charge in [0.1, 0.15) is 12.1 Å². The number of benzene rings is 2. The van der Waals surface area contributed by atoms with Crippen LogP contribution in [0.1, 0.15) is 70.1 Å². The molecule has 0 unspecified atom stereocenters. The van der Waals surface area contributed by atoms with Gasteiger partial charge in [-0.2, -0.15) is 0 Å². The van der Waals surface area contributed by atoms with Crippen molar-refractivity contribution in [1.29, 1.82) is 0 Å². The van der Waals surface area contributed by atoms with Gasteiger partial charge in [0, 0.05) is 17.6 Å². The summed E-state index contributed by atoms with van der Waals surface area (Å²) in [6.07, 6.45) is 3.03. The standard InChI is InChI=1S/C30H40N2O6/c1-6-30(2,3)27(33)28(34)32-17-8-7-12-23(32)29(35)38-24(21-10-9-11-22(31)19-21)15-13-20-14-16-25(36-4)26(18-20)37-5/h9-11,14,16,18-19,23-24H,6-8,12-13,15,17,31H2,1-5H3/t23-,24+/m1/s1. The first kappa shape index (κ1) is 29.0. The van der Waals surface area contributed by atoms with Gasteiger partial charge in [0.05, 0.1) is 14.2 Å². The number of hydrogen-bond acceptors (Lipinski definition) is 7. The Bertz CT molecular complexity index is 1150. The van der Waals surface area contributed by atoms with E-state index in [2.05, 4.69) is 0 Å². The maximum absolute atomic E-state index is 13.5. The minimum Gasteiger partial charge on any atom is -0.493 e. The predicted octanol–water partition coefficient (Wildman–Crippen LogP) is 4.89. The number of nitrogen functional groups attached to an aromatic ring is 1. The van der Waals surface area contributed by atoms with Crippen molar-refractivity contribution >= 4 is 23.3 Å². The number of esters is 1. The molecule has 0 aromatic heterocycles. The van der Waals surface area contributed by atoms with Crippen molar-refractivity contribution in [2.24, 2.45) is 5.41 Å². The van der Waals surface area contributed by atoms with E-state index in [1.807, 2.05) is 37.3 Å². The number of hydrogen-bond donors (Lipinski definition) is 1. The predicted molar refractivity (Wildman–Crippen MR) is 146 cm³/mol. The molecule has 0 spiro atoms. The summed E-state index contributed by atoms with van der Waals surface area (Å²) < 4.78 is 16.8. The van der Waals surface area contributed by atoms with Gasteiger partial charge in [0.15, 0.2) is 11.5 Å². The number of nitrogens with zero attached hydrogens (tertiary/aromatic N) is 1. The zero-order valence-electron chi connectivity index (χ0n) is 23.1. The van der Waals surface area contributed by atoms with Crippen molar-refractivity contribution in [1.82, 2.24) is 4.90 Å². The maximum Gasteiger partial charge on any atom is 0.329 e. The molecule has 1 fully saturated rings. The van der Waals surface area contributed by atoms with E-state index in [0.29, 0.717) is 49.4 Å². The second-order valence-electron chi connectivity index (χ2n) is 10.4. The average Bonchev–Trinajstić information content (AvgIpc) is 2.93. The molecular weight excluding hydrogens is 484 g/mol. The number of carbonyl (C=O) groups is 3. The molecule has 38 heavy (non-hydrogen) atoms. The molecule has 2 N–H and O–H groups in total. The van der Waals surface area contributed by atoms with Crippen LogP contribution in [-0.4, -0.2) is 49.4 Å². The average molecular weight is 525 g/mol. The molecule has 0 bridgehead atoms. The molecule has 3 rings (SSSR count). The van der Waals surface area contributed by atoms with E-state index < -0.39 is 35.2 Å². The summed E-state index contributed by atoms with van der Waals surface area (Å²) in [5, 5.41) is 0. The molecule has 1 saturated heterocycles. The molecule has 206 valence electrons. The van der Waals surface area contributed by atoms with E-state index >= 15 is 0 Å². The molecule has 1 heterocycles. The molecule has 1 aliphatic heterocycles. The highest BCUT2D eigenvalue weighted by molar-refractivity contribution is 6.38. The number of likely N-dealkylation sites (tertiary alicyclic amines) is 1. The number of ketones is 1. The summed E-state index contributed by atoms with van der Waals surface area (Å²) in [6, 6.07) is 12.2. The molecule has 2 aromatic carbocycles. The molecule has 8 nitrogen and oxygen atoms in total. The molecule has 2 aromatic rings. The number of nitrogens with two attached hydrogens (primary N) is 1. The molecule has 0 aliphatic carbocycles. The van der Waals surface area contributed by atoms with Gasteiger partial charge < -0.3 is 24.8 Å².